The molecule has 0 aromatic heterocycles. The highest BCUT2D eigenvalue weighted by Crippen LogP contribution is 2.32. The van der Waals surface area contributed by atoms with Gasteiger partial charge in [0.2, 0.25) is 0 Å². The van der Waals surface area contributed by atoms with Gasteiger partial charge in [0, 0.05) is 0 Å². The molecule has 0 rings (SSSR count). The molecular formula is C16H34. The van der Waals surface area contributed by atoms with Crippen molar-refractivity contribution in [2.45, 2.75) is 86.5 Å². The van der Waals surface area contributed by atoms with Gasteiger partial charge >= 0.3 is 0 Å². The van der Waals surface area contributed by atoms with Gasteiger partial charge in [-0.05, 0) is 36.5 Å². The van der Waals surface area contributed by atoms with Crippen LogP contribution in [0.3, 0.4) is 0 Å². The van der Waals surface area contributed by atoms with Crippen LogP contribution in [0, 0.1) is 17.3 Å². The molecule has 0 nitrogen and oxygen atoms in total. The van der Waals surface area contributed by atoms with E-state index in [1.165, 1.54) is 44.9 Å². The molecule has 16 heavy (non-hydrogen) atoms. The summed E-state index contributed by atoms with van der Waals surface area (Å²) in [5, 5.41) is 0. The Hall–Kier alpha value is 0. The Morgan fingerprint density at radius 1 is 0.938 bits per heavy atom. The molecule has 0 aliphatic heterocycles. The summed E-state index contributed by atoms with van der Waals surface area (Å²) in [6.45, 7) is 14.3. The smallest absolute Gasteiger partial charge is 0.0354 e. The third kappa shape index (κ3) is 8.19. The Morgan fingerprint density at radius 2 is 1.56 bits per heavy atom. The fourth-order valence-electron chi connectivity index (χ4n) is 2.39. The fraction of sp³-hybridized carbons (Fsp3) is 1.00. The van der Waals surface area contributed by atoms with Gasteiger partial charge < -0.3 is 0 Å². The maximum atomic E-state index is 2.44. The lowest BCUT2D eigenvalue weighted by Gasteiger charge is -2.26. The molecule has 0 aliphatic carbocycles. The second-order valence-corrected chi connectivity index (χ2v) is 6.66. The van der Waals surface area contributed by atoms with Crippen molar-refractivity contribution in [1.82, 2.24) is 0 Å². The lowest BCUT2D eigenvalue weighted by molar-refractivity contribution is 0.256. The molecule has 0 fully saturated rings. The van der Waals surface area contributed by atoms with Gasteiger partial charge in [0.05, 0.1) is 0 Å². The second-order valence-electron chi connectivity index (χ2n) is 6.66. The van der Waals surface area contributed by atoms with Crippen LogP contribution in [0.4, 0.5) is 0 Å². The fourth-order valence-corrected chi connectivity index (χ4v) is 2.39. The van der Waals surface area contributed by atoms with Crippen LogP contribution in [0.25, 0.3) is 0 Å². The first-order valence-corrected chi connectivity index (χ1v) is 7.41. The minimum atomic E-state index is 0.569. The largest absolute Gasteiger partial charge is 0.0654 e. The zero-order chi connectivity index (χ0) is 12.6. The average Bonchev–Trinajstić information content (AvgIpc) is 2.24. The highest BCUT2D eigenvalue weighted by Gasteiger charge is 2.18. The molecule has 0 aromatic rings. The summed E-state index contributed by atoms with van der Waals surface area (Å²) < 4.78 is 0. The predicted molar refractivity (Wildman–Crippen MR) is 75.8 cm³/mol. The zero-order valence-electron chi connectivity index (χ0n) is 12.6. The molecular weight excluding hydrogens is 192 g/mol. The van der Waals surface area contributed by atoms with Crippen LogP contribution in [-0.4, -0.2) is 0 Å². The highest BCUT2D eigenvalue weighted by atomic mass is 14.2. The van der Waals surface area contributed by atoms with Gasteiger partial charge in [0.15, 0.2) is 0 Å². The summed E-state index contributed by atoms with van der Waals surface area (Å²) >= 11 is 0. The standard InChI is InChI=1S/C16H34/c1-7-9-11-16(5,6)12-10-15(4)13-14(3)8-2/h14-15H,7-13H2,1-6H3. The van der Waals surface area contributed by atoms with Crippen LogP contribution in [0.2, 0.25) is 0 Å². The normalized spacial score (nSPS) is 16.1. The number of hydrogen-bond acceptors (Lipinski definition) is 0. The lowest BCUT2D eigenvalue weighted by Crippen LogP contribution is -2.13. The Bertz CT molecular complexity index is 157. The van der Waals surface area contributed by atoms with E-state index in [1.54, 1.807) is 0 Å². The van der Waals surface area contributed by atoms with Crippen molar-refractivity contribution in [3.05, 3.63) is 0 Å². The van der Waals surface area contributed by atoms with E-state index in [9.17, 15) is 0 Å². The molecule has 0 radical (unpaired) electrons. The molecule has 0 heteroatoms. The first-order chi connectivity index (χ1) is 7.41. The van der Waals surface area contributed by atoms with Gasteiger partial charge in [0.25, 0.3) is 0 Å². The Labute approximate surface area is 104 Å². The van der Waals surface area contributed by atoms with Crippen molar-refractivity contribution < 1.29 is 0 Å². The number of unbranched alkanes of at least 4 members (excludes halogenated alkanes) is 1. The molecule has 0 saturated carbocycles. The number of hydrogen-bond donors (Lipinski definition) is 0. The third-order valence-corrected chi connectivity index (χ3v) is 4.02. The van der Waals surface area contributed by atoms with E-state index in [0.29, 0.717) is 5.41 Å². The van der Waals surface area contributed by atoms with Gasteiger partial charge in [-0.1, -0.05) is 67.2 Å². The topological polar surface area (TPSA) is 0 Å². The van der Waals surface area contributed by atoms with E-state index >= 15 is 0 Å². The van der Waals surface area contributed by atoms with Crippen LogP contribution in [0.5, 0.6) is 0 Å². The zero-order valence-corrected chi connectivity index (χ0v) is 12.6. The second kappa shape index (κ2) is 8.14. The maximum Gasteiger partial charge on any atom is -0.0354 e. The molecule has 0 aliphatic rings. The Balaban J connectivity index is 3.76. The van der Waals surface area contributed by atoms with Gasteiger partial charge in [-0.3, -0.25) is 0 Å². The van der Waals surface area contributed by atoms with E-state index in [1.807, 2.05) is 0 Å². The molecule has 0 N–H and O–H groups in total. The van der Waals surface area contributed by atoms with E-state index in [0.717, 1.165) is 11.8 Å². The van der Waals surface area contributed by atoms with Crippen molar-refractivity contribution in [1.29, 1.82) is 0 Å². The van der Waals surface area contributed by atoms with Gasteiger partial charge in [-0.2, -0.15) is 0 Å². The minimum absolute atomic E-state index is 0.569. The van der Waals surface area contributed by atoms with Crippen LogP contribution >= 0.6 is 0 Å². The summed E-state index contributed by atoms with van der Waals surface area (Å²) in [6, 6.07) is 0. The summed E-state index contributed by atoms with van der Waals surface area (Å²) in [7, 11) is 0. The molecule has 0 heterocycles. The van der Waals surface area contributed by atoms with E-state index in [2.05, 4.69) is 41.5 Å². The lowest BCUT2D eigenvalue weighted by atomic mass is 9.79. The third-order valence-electron chi connectivity index (χ3n) is 4.02. The maximum absolute atomic E-state index is 2.44. The van der Waals surface area contributed by atoms with Crippen molar-refractivity contribution in [2.24, 2.45) is 17.3 Å². The predicted octanol–water partition coefficient (Wildman–Crippen LogP) is 6.06. The van der Waals surface area contributed by atoms with Crippen LogP contribution in [0.15, 0.2) is 0 Å². The van der Waals surface area contributed by atoms with E-state index < -0.39 is 0 Å². The van der Waals surface area contributed by atoms with Crippen LogP contribution < -0.4 is 0 Å². The Morgan fingerprint density at radius 3 is 2.06 bits per heavy atom. The Kier molecular flexibility index (Phi) is 8.14. The van der Waals surface area contributed by atoms with Gasteiger partial charge in [0.1, 0.15) is 0 Å². The molecule has 0 spiro atoms. The quantitative estimate of drug-likeness (QED) is 0.448. The monoisotopic (exact) mass is 226 g/mol. The van der Waals surface area contributed by atoms with Gasteiger partial charge in [-0.25, -0.2) is 0 Å². The highest BCUT2D eigenvalue weighted by molar-refractivity contribution is 4.70. The van der Waals surface area contributed by atoms with Crippen LogP contribution in [0.1, 0.15) is 86.5 Å². The molecule has 0 aromatic carbocycles. The first kappa shape index (κ1) is 16.0. The van der Waals surface area contributed by atoms with Gasteiger partial charge in [-0.15, -0.1) is 0 Å². The summed E-state index contributed by atoms with van der Waals surface area (Å²) in [6.07, 6.45) is 9.72. The SMILES string of the molecule is CCCCC(C)(C)CCC(C)CC(C)CC. The van der Waals surface area contributed by atoms with Crippen molar-refractivity contribution in [3.8, 4) is 0 Å². The summed E-state index contributed by atoms with van der Waals surface area (Å²) in [5.41, 5.74) is 0.569. The van der Waals surface area contributed by atoms with Crippen LogP contribution in [-0.2, 0) is 0 Å². The van der Waals surface area contributed by atoms with E-state index in [-0.39, 0.29) is 0 Å². The summed E-state index contributed by atoms with van der Waals surface area (Å²) in [5.74, 6) is 1.82. The molecule has 0 bridgehead atoms. The molecule has 98 valence electrons. The van der Waals surface area contributed by atoms with Crippen molar-refractivity contribution >= 4 is 0 Å². The first-order valence-electron chi connectivity index (χ1n) is 7.41. The molecule has 2 unspecified atom stereocenters. The van der Waals surface area contributed by atoms with Crippen molar-refractivity contribution in [2.75, 3.05) is 0 Å². The number of rotatable bonds is 9. The molecule has 2 atom stereocenters. The van der Waals surface area contributed by atoms with E-state index in [4.69, 9.17) is 0 Å². The molecule has 0 amide bonds. The minimum Gasteiger partial charge on any atom is -0.0654 e. The van der Waals surface area contributed by atoms with Crippen molar-refractivity contribution in [3.63, 3.8) is 0 Å². The molecule has 0 saturated heterocycles. The average molecular weight is 226 g/mol. The summed E-state index contributed by atoms with van der Waals surface area (Å²) in [4.78, 5) is 0.